The van der Waals surface area contributed by atoms with Crippen molar-refractivity contribution in [2.24, 2.45) is 0 Å². The minimum Gasteiger partial charge on any atom is -0.437 e. The van der Waals surface area contributed by atoms with Crippen LogP contribution in [0.5, 0.6) is 0 Å². The Morgan fingerprint density at radius 1 is 1.43 bits per heavy atom. The zero-order valence-electron chi connectivity index (χ0n) is 11.4. The van der Waals surface area contributed by atoms with E-state index < -0.39 is 0 Å². The first-order chi connectivity index (χ1) is 10.2. The molecule has 2 heterocycles. The summed E-state index contributed by atoms with van der Waals surface area (Å²) in [5.74, 6) is 0.225. The van der Waals surface area contributed by atoms with Crippen molar-refractivity contribution in [2.75, 3.05) is 0 Å². The number of fused-ring (bicyclic) bond motifs is 1. The molecule has 0 saturated carbocycles. The molecule has 5 nitrogen and oxygen atoms in total. The summed E-state index contributed by atoms with van der Waals surface area (Å²) in [7, 11) is 0. The Labute approximate surface area is 125 Å². The number of benzene rings is 1. The molecule has 106 valence electrons. The molecule has 0 unspecified atom stereocenters. The fourth-order valence-corrected chi connectivity index (χ4v) is 2.56. The average molecular weight is 299 g/mol. The van der Waals surface area contributed by atoms with Crippen LogP contribution < -0.4 is 5.32 Å². The predicted molar refractivity (Wildman–Crippen MR) is 81.7 cm³/mol. The van der Waals surface area contributed by atoms with Crippen LogP contribution in [0.25, 0.3) is 17.2 Å². The lowest BCUT2D eigenvalue weighted by atomic mass is 10.3. The summed E-state index contributed by atoms with van der Waals surface area (Å²) in [5.41, 5.74) is 1.48. The topological polar surface area (TPSA) is 68.0 Å². The molecule has 1 aromatic carbocycles. The van der Waals surface area contributed by atoms with Gasteiger partial charge in [0.1, 0.15) is 5.52 Å². The van der Waals surface area contributed by atoms with Crippen LogP contribution in [0.4, 0.5) is 0 Å². The van der Waals surface area contributed by atoms with Gasteiger partial charge < -0.3 is 9.73 Å². The van der Waals surface area contributed by atoms with E-state index in [1.807, 2.05) is 31.2 Å². The number of rotatable bonds is 4. The molecule has 0 aliphatic heterocycles. The van der Waals surface area contributed by atoms with E-state index in [4.69, 9.17) is 4.42 Å². The van der Waals surface area contributed by atoms with Crippen LogP contribution in [0.15, 0.2) is 41.0 Å². The van der Waals surface area contributed by atoms with Crippen LogP contribution >= 0.6 is 11.3 Å². The van der Waals surface area contributed by atoms with Gasteiger partial charge in [0.25, 0.3) is 0 Å². The molecule has 21 heavy (non-hydrogen) atoms. The van der Waals surface area contributed by atoms with Gasteiger partial charge in [-0.15, -0.1) is 11.3 Å². The third-order valence-electron chi connectivity index (χ3n) is 2.79. The van der Waals surface area contributed by atoms with Crippen LogP contribution in [0, 0.1) is 6.92 Å². The van der Waals surface area contributed by atoms with Gasteiger partial charge in [-0.1, -0.05) is 12.1 Å². The third kappa shape index (κ3) is 3.35. The first-order valence-electron chi connectivity index (χ1n) is 6.43. The molecule has 0 aliphatic carbocycles. The molecular formula is C15H13N3O2S. The van der Waals surface area contributed by atoms with Gasteiger partial charge in [-0.25, -0.2) is 9.97 Å². The number of para-hydroxylation sites is 2. The van der Waals surface area contributed by atoms with E-state index in [2.05, 4.69) is 15.3 Å². The largest absolute Gasteiger partial charge is 0.437 e. The van der Waals surface area contributed by atoms with Crippen molar-refractivity contribution in [3.8, 4) is 0 Å². The number of nitrogens with one attached hydrogen (secondary N) is 1. The second-order valence-electron chi connectivity index (χ2n) is 4.42. The van der Waals surface area contributed by atoms with E-state index >= 15 is 0 Å². The van der Waals surface area contributed by atoms with Crippen molar-refractivity contribution in [3.63, 3.8) is 0 Å². The fraction of sp³-hybridized carbons (Fsp3) is 0.133. The predicted octanol–water partition coefficient (Wildman–Crippen LogP) is 2.92. The first-order valence-corrected chi connectivity index (χ1v) is 7.25. The van der Waals surface area contributed by atoms with Crippen molar-refractivity contribution < 1.29 is 9.21 Å². The van der Waals surface area contributed by atoms with Crippen LogP contribution in [0.1, 0.15) is 15.8 Å². The second kappa shape index (κ2) is 5.88. The highest BCUT2D eigenvalue weighted by Gasteiger charge is 2.03. The van der Waals surface area contributed by atoms with Gasteiger partial charge in [-0.3, -0.25) is 4.79 Å². The Balaban J connectivity index is 1.61. The van der Waals surface area contributed by atoms with Gasteiger partial charge in [-0.05, 0) is 19.1 Å². The summed E-state index contributed by atoms with van der Waals surface area (Å²) in [6.07, 6.45) is 4.75. The summed E-state index contributed by atoms with van der Waals surface area (Å²) in [6.45, 7) is 2.41. The summed E-state index contributed by atoms with van der Waals surface area (Å²) in [4.78, 5) is 21.2. The van der Waals surface area contributed by atoms with Gasteiger partial charge in [0.2, 0.25) is 11.8 Å². The van der Waals surface area contributed by atoms with Crippen molar-refractivity contribution in [2.45, 2.75) is 13.5 Å². The maximum Gasteiger partial charge on any atom is 0.244 e. The minimum atomic E-state index is -0.191. The van der Waals surface area contributed by atoms with Crippen molar-refractivity contribution in [3.05, 3.63) is 52.3 Å². The minimum absolute atomic E-state index is 0.191. The highest BCUT2D eigenvalue weighted by Crippen LogP contribution is 2.15. The van der Waals surface area contributed by atoms with Crippen LogP contribution in [0.2, 0.25) is 0 Å². The standard InChI is InChI=1S/C15H13N3O2S/c1-10-16-8-11(21-10)9-17-14(19)6-7-15-18-12-4-2-3-5-13(12)20-15/h2-8H,9H2,1H3,(H,17,19). The Morgan fingerprint density at radius 3 is 3.05 bits per heavy atom. The monoisotopic (exact) mass is 299 g/mol. The number of thiazole rings is 1. The molecule has 6 heteroatoms. The maximum absolute atomic E-state index is 11.7. The number of aromatic nitrogens is 2. The van der Waals surface area contributed by atoms with Crippen molar-refractivity contribution in [1.29, 1.82) is 0 Å². The highest BCUT2D eigenvalue weighted by molar-refractivity contribution is 7.11. The van der Waals surface area contributed by atoms with Gasteiger partial charge in [-0.2, -0.15) is 0 Å². The molecule has 3 rings (SSSR count). The molecule has 0 fully saturated rings. The lowest BCUT2D eigenvalue weighted by molar-refractivity contribution is -0.116. The molecule has 0 radical (unpaired) electrons. The highest BCUT2D eigenvalue weighted by atomic mass is 32.1. The molecule has 1 amide bonds. The number of oxazole rings is 1. The lowest BCUT2D eigenvalue weighted by Gasteiger charge is -1.97. The van der Waals surface area contributed by atoms with Gasteiger partial charge in [0.05, 0.1) is 11.6 Å². The summed E-state index contributed by atoms with van der Waals surface area (Å²) in [5, 5.41) is 3.78. The number of hydrogen-bond donors (Lipinski definition) is 1. The van der Waals surface area contributed by atoms with E-state index in [-0.39, 0.29) is 5.91 Å². The maximum atomic E-state index is 11.7. The molecule has 0 saturated heterocycles. The van der Waals surface area contributed by atoms with E-state index in [1.165, 1.54) is 6.08 Å². The Morgan fingerprint density at radius 2 is 2.29 bits per heavy atom. The lowest BCUT2D eigenvalue weighted by Crippen LogP contribution is -2.19. The Bertz CT molecular complexity index is 771. The average Bonchev–Trinajstić information content (AvgIpc) is 3.08. The number of aryl methyl sites for hydroxylation is 1. The quantitative estimate of drug-likeness (QED) is 0.752. The number of carbonyl (C=O) groups excluding carboxylic acids is 1. The third-order valence-corrected chi connectivity index (χ3v) is 3.71. The van der Waals surface area contributed by atoms with E-state index in [0.717, 1.165) is 15.4 Å². The number of hydrogen-bond acceptors (Lipinski definition) is 5. The molecule has 0 aliphatic rings. The Hall–Kier alpha value is -2.47. The normalized spacial score (nSPS) is 11.3. The summed E-state index contributed by atoms with van der Waals surface area (Å²) in [6, 6.07) is 7.47. The molecular weight excluding hydrogens is 286 g/mol. The van der Waals surface area contributed by atoms with Gasteiger partial charge in [0, 0.05) is 23.2 Å². The van der Waals surface area contributed by atoms with Crippen molar-refractivity contribution >= 4 is 34.4 Å². The van der Waals surface area contributed by atoms with Crippen molar-refractivity contribution in [1.82, 2.24) is 15.3 Å². The van der Waals surface area contributed by atoms with Crippen LogP contribution in [0.3, 0.4) is 0 Å². The molecule has 2 aromatic heterocycles. The van der Waals surface area contributed by atoms with Crippen LogP contribution in [-0.4, -0.2) is 15.9 Å². The molecule has 1 N–H and O–H groups in total. The zero-order chi connectivity index (χ0) is 14.7. The summed E-state index contributed by atoms with van der Waals surface area (Å²) >= 11 is 1.57. The first kappa shape index (κ1) is 13.5. The zero-order valence-corrected chi connectivity index (χ0v) is 12.2. The number of carbonyl (C=O) groups is 1. The van der Waals surface area contributed by atoms with E-state index in [9.17, 15) is 4.79 Å². The van der Waals surface area contributed by atoms with Gasteiger partial charge >= 0.3 is 0 Å². The molecule has 0 spiro atoms. The fourth-order valence-electron chi connectivity index (χ4n) is 1.83. The van der Waals surface area contributed by atoms with E-state index in [1.54, 1.807) is 23.6 Å². The Kier molecular flexibility index (Phi) is 3.79. The van der Waals surface area contributed by atoms with E-state index in [0.29, 0.717) is 18.0 Å². The smallest absolute Gasteiger partial charge is 0.244 e. The molecule has 3 aromatic rings. The molecule has 0 atom stereocenters. The number of nitrogens with zero attached hydrogens (tertiary/aromatic N) is 2. The number of amides is 1. The van der Waals surface area contributed by atoms with Crippen LogP contribution in [-0.2, 0) is 11.3 Å². The summed E-state index contributed by atoms with van der Waals surface area (Å²) < 4.78 is 5.50. The second-order valence-corrected chi connectivity index (χ2v) is 5.74. The SMILES string of the molecule is Cc1ncc(CNC(=O)C=Cc2nc3ccccc3o2)s1. The van der Waals surface area contributed by atoms with Gasteiger partial charge in [0.15, 0.2) is 5.58 Å². The molecule has 0 bridgehead atoms.